The van der Waals surface area contributed by atoms with Gasteiger partial charge in [-0.15, -0.1) is 0 Å². The predicted molar refractivity (Wildman–Crippen MR) is 88.3 cm³/mol. The molecule has 1 amide bonds. The average molecular weight is 314 g/mol. The number of rotatable bonds is 3. The molecule has 0 saturated heterocycles. The Kier molecular flexibility index (Phi) is 4.65. The van der Waals surface area contributed by atoms with Crippen LogP contribution in [-0.4, -0.2) is 16.7 Å². The lowest BCUT2D eigenvalue weighted by atomic mass is 10.1. The number of hydrogen-bond acceptors (Lipinski definition) is 3. The zero-order chi connectivity index (χ0) is 16.2. The summed E-state index contributed by atoms with van der Waals surface area (Å²) >= 11 is 0. The number of nitrogens with zero attached hydrogens (tertiary/aromatic N) is 1. The molecule has 2 aromatic rings. The first kappa shape index (κ1) is 15.6. The van der Waals surface area contributed by atoms with Crippen LogP contribution in [0.15, 0.2) is 39.6 Å². The SMILES string of the molecule is Cn1oc(=O)c(C(=O)NC2CCCCCC2)c1-c1ccccc1. The largest absolute Gasteiger partial charge is 0.370 e. The number of aromatic nitrogens is 1. The van der Waals surface area contributed by atoms with E-state index >= 15 is 0 Å². The molecule has 0 bridgehead atoms. The van der Waals surface area contributed by atoms with Crippen LogP contribution in [0.25, 0.3) is 11.3 Å². The van der Waals surface area contributed by atoms with Crippen LogP contribution in [0.3, 0.4) is 0 Å². The quantitative estimate of drug-likeness (QED) is 0.885. The predicted octanol–water partition coefficient (Wildman–Crippen LogP) is 3.10. The molecule has 0 radical (unpaired) electrons. The molecule has 1 aromatic carbocycles. The lowest BCUT2D eigenvalue weighted by Crippen LogP contribution is -2.36. The van der Waals surface area contributed by atoms with Crippen LogP contribution in [0.1, 0.15) is 48.9 Å². The summed E-state index contributed by atoms with van der Waals surface area (Å²) in [6.07, 6.45) is 6.64. The van der Waals surface area contributed by atoms with E-state index in [-0.39, 0.29) is 17.5 Å². The fourth-order valence-electron chi connectivity index (χ4n) is 3.27. The Morgan fingerprint density at radius 2 is 1.78 bits per heavy atom. The lowest BCUT2D eigenvalue weighted by Gasteiger charge is -2.15. The number of hydrogen-bond donors (Lipinski definition) is 1. The van der Waals surface area contributed by atoms with E-state index in [0.29, 0.717) is 5.69 Å². The molecule has 1 aliphatic rings. The highest BCUT2D eigenvalue weighted by molar-refractivity contribution is 5.99. The number of nitrogens with one attached hydrogen (secondary N) is 1. The summed E-state index contributed by atoms with van der Waals surface area (Å²) in [7, 11) is 1.65. The van der Waals surface area contributed by atoms with Crippen molar-refractivity contribution in [1.29, 1.82) is 0 Å². The summed E-state index contributed by atoms with van der Waals surface area (Å²) in [4.78, 5) is 24.8. The minimum atomic E-state index is -0.586. The minimum absolute atomic E-state index is 0.1000. The number of aryl methyl sites for hydroxylation is 1. The van der Waals surface area contributed by atoms with Gasteiger partial charge in [0.2, 0.25) is 0 Å². The van der Waals surface area contributed by atoms with Gasteiger partial charge in [-0.25, -0.2) is 9.53 Å². The average Bonchev–Trinajstić information content (AvgIpc) is 2.71. The molecule has 122 valence electrons. The van der Waals surface area contributed by atoms with Crippen molar-refractivity contribution in [3.05, 3.63) is 46.3 Å². The van der Waals surface area contributed by atoms with E-state index in [1.165, 1.54) is 17.6 Å². The van der Waals surface area contributed by atoms with Crippen molar-refractivity contribution >= 4 is 5.91 Å². The first-order chi connectivity index (χ1) is 11.2. The Hall–Kier alpha value is -2.30. The van der Waals surface area contributed by atoms with Gasteiger partial charge >= 0.3 is 5.63 Å². The molecule has 0 atom stereocenters. The molecule has 1 aromatic heterocycles. The van der Waals surface area contributed by atoms with Crippen molar-refractivity contribution in [1.82, 2.24) is 10.1 Å². The third kappa shape index (κ3) is 3.38. The van der Waals surface area contributed by atoms with E-state index in [9.17, 15) is 9.59 Å². The molecule has 1 heterocycles. The van der Waals surface area contributed by atoms with Gasteiger partial charge < -0.3 is 9.84 Å². The maximum absolute atomic E-state index is 12.7. The van der Waals surface area contributed by atoms with Gasteiger partial charge in [-0.05, 0) is 12.8 Å². The van der Waals surface area contributed by atoms with Crippen LogP contribution >= 0.6 is 0 Å². The molecule has 3 rings (SSSR count). The van der Waals surface area contributed by atoms with Crippen molar-refractivity contribution in [3.8, 4) is 11.3 Å². The zero-order valence-corrected chi connectivity index (χ0v) is 13.4. The third-order valence-corrected chi connectivity index (χ3v) is 4.44. The van der Waals surface area contributed by atoms with Gasteiger partial charge in [0.25, 0.3) is 5.91 Å². The standard InChI is InChI=1S/C18H22N2O3/c1-20-16(13-9-5-4-6-10-13)15(18(22)23-20)17(21)19-14-11-7-2-3-8-12-14/h4-6,9-10,14H,2-3,7-8,11-12H2,1H3,(H,19,21). The van der Waals surface area contributed by atoms with Gasteiger partial charge in [0.05, 0.1) is 0 Å². The molecule has 23 heavy (non-hydrogen) atoms. The molecule has 1 fully saturated rings. The van der Waals surface area contributed by atoms with Crippen LogP contribution in [0, 0.1) is 0 Å². The van der Waals surface area contributed by atoms with Gasteiger partial charge in [-0.2, -0.15) is 0 Å². The van der Waals surface area contributed by atoms with E-state index in [1.54, 1.807) is 7.05 Å². The monoisotopic (exact) mass is 314 g/mol. The highest BCUT2D eigenvalue weighted by Gasteiger charge is 2.25. The second kappa shape index (κ2) is 6.86. The van der Waals surface area contributed by atoms with Crippen molar-refractivity contribution in [2.24, 2.45) is 7.05 Å². The summed E-state index contributed by atoms with van der Waals surface area (Å²) in [5.74, 6) is -0.329. The maximum Gasteiger partial charge on any atom is 0.370 e. The Balaban J connectivity index is 1.90. The van der Waals surface area contributed by atoms with E-state index in [4.69, 9.17) is 4.52 Å². The Morgan fingerprint density at radius 3 is 2.43 bits per heavy atom. The van der Waals surface area contributed by atoms with E-state index in [0.717, 1.165) is 31.2 Å². The van der Waals surface area contributed by atoms with Gasteiger partial charge in [0, 0.05) is 18.7 Å². The molecule has 1 saturated carbocycles. The zero-order valence-electron chi connectivity index (χ0n) is 13.4. The maximum atomic E-state index is 12.7. The van der Waals surface area contributed by atoms with E-state index < -0.39 is 5.63 Å². The van der Waals surface area contributed by atoms with Crippen molar-refractivity contribution in [3.63, 3.8) is 0 Å². The Bertz CT molecular complexity index is 722. The van der Waals surface area contributed by atoms with Crippen LogP contribution in [0.4, 0.5) is 0 Å². The van der Waals surface area contributed by atoms with Gasteiger partial charge in [0.15, 0.2) is 5.56 Å². The minimum Gasteiger partial charge on any atom is -0.349 e. The van der Waals surface area contributed by atoms with Crippen LogP contribution in [0.5, 0.6) is 0 Å². The van der Waals surface area contributed by atoms with Crippen molar-refractivity contribution in [2.45, 2.75) is 44.6 Å². The van der Waals surface area contributed by atoms with Crippen molar-refractivity contribution in [2.75, 3.05) is 0 Å². The lowest BCUT2D eigenvalue weighted by molar-refractivity contribution is 0.0931. The van der Waals surface area contributed by atoms with E-state index in [1.807, 2.05) is 30.3 Å². The highest BCUT2D eigenvalue weighted by Crippen LogP contribution is 2.23. The molecule has 0 unspecified atom stereocenters. The Morgan fingerprint density at radius 1 is 1.13 bits per heavy atom. The molecule has 0 spiro atoms. The van der Waals surface area contributed by atoms with Crippen molar-refractivity contribution < 1.29 is 9.32 Å². The number of carbonyl (C=O) groups is 1. The summed E-state index contributed by atoms with van der Waals surface area (Å²) < 4.78 is 6.51. The van der Waals surface area contributed by atoms with Gasteiger partial charge in [-0.1, -0.05) is 56.0 Å². The molecular weight excluding hydrogens is 292 g/mol. The van der Waals surface area contributed by atoms with Crippen LogP contribution in [0.2, 0.25) is 0 Å². The molecular formula is C18H22N2O3. The highest BCUT2D eigenvalue weighted by atomic mass is 16.5. The van der Waals surface area contributed by atoms with Gasteiger partial charge in [0.1, 0.15) is 5.69 Å². The first-order valence-corrected chi connectivity index (χ1v) is 8.23. The smallest absolute Gasteiger partial charge is 0.349 e. The number of carbonyl (C=O) groups excluding carboxylic acids is 1. The van der Waals surface area contributed by atoms with E-state index in [2.05, 4.69) is 5.32 Å². The topological polar surface area (TPSA) is 64.2 Å². The van der Waals surface area contributed by atoms with Gasteiger partial charge in [-0.3, -0.25) is 4.79 Å². The van der Waals surface area contributed by atoms with Crippen LogP contribution < -0.4 is 10.9 Å². The second-order valence-electron chi connectivity index (χ2n) is 6.13. The molecule has 0 aliphatic heterocycles. The summed E-state index contributed by atoms with van der Waals surface area (Å²) in [5, 5.41) is 3.03. The number of benzene rings is 1. The molecule has 1 aliphatic carbocycles. The normalized spacial score (nSPS) is 16.0. The summed E-state index contributed by atoms with van der Waals surface area (Å²) in [6, 6.07) is 9.53. The fourth-order valence-corrected chi connectivity index (χ4v) is 3.27. The summed E-state index contributed by atoms with van der Waals surface area (Å²) in [5.41, 5.74) is 0.842. The van der Waals surface area contributed by atoms with Crippen LogP contribution in [-0.2, 0) is 7.05 Å². The third-order valence-electron chi connectivity index (χ3n) is 4.44. The molecule has 1 N–H and O–H groups in total. The first-order valence-electron chi connectivity index (χ1n) is 8.23. The molecule has 5 heteroatoms. The fraction of sp³-hybridized carbons (Fsp3) is 0.444. The second-order valence-corrected chi connectivity index (χ2v) is 6.13. The summed E-state index contributed by atoms with van der Waals surface area (Å²) in [6.45, 7) is 0. The Labute approximate surface area is 135 Å². The number of amides is 1. The molecule has 5 nitrogen and oxygen atoms in total.